The highest BCUT2D eigenvalue weighted by Crippen LogP contribution is 2.30. The minimum atomic E-state index is 0.542. The molecule has 0 unspecified atom stereocenters. The minimum Gasteiger partial charge on any atom is -0.371 e. The molecule has 1 aliphatic carbocycles. The molecule has 0 atom stereocenters. The van der Waals surface area contributed by atoms with E-state index >= 15 is 0 Å². The van der Waals surface area contributed by atoms with Crippen LogP contribution in [0.25, 0.3) is 0 Å². The molecule has 1 N–H and O–H groups in total. The van der Waals surface area contributed by atoms with Crippen LogP contribution in [0.15, 0.2) is 18.2 Å². The predicted molar refractivity (Wildman–Crippen MR) is 88.4 cm³/mol. The van der Waals surface area contributed by atoms with E-state index in [1.807, 2.05) is 0 Å². The van der Waals surface area contributed by atoms with Crippen LogP contribution in [0.1, 0.15) is 51.2 Å². The molecule has 0 heterocycles. The maximum atomic E-state index is 3.49. The molecular weight excluding hydrogens is 244 g/mol. The standard InChI is InChI=1S/C18H30N2/c1-5-20(13-16-7-6-8-16)18-10-9-17(11-15(18)4)12-19-14(2)3/h9-11,14,16,19H,5-8,12-13H2,1-4H3. The molecule has 1 aromatic rings. The Kier molecular flexibility index (Phi) is 5.47. The molecule has 0 aliphatic heterocycles. The summed E-state index contributed by atoms with van der Waals surface area (Å²) in [5.41, 5.74) is 4.22. The second-order valence-corrected chi connectivity index (χ2v) is 6.49. The summed E-state index contributed by atoms with van der Waals surface area (Å²) in [5.74, 6) is 0.927. The average Bonchev–Trinajstić information content (AvgIpc) is 2.36. The second kappa shape index (κ2) is 7.12. The van der Waals surface area contributed by atoms with E-state index < -0.39 is 0 Å². The molecule has 1 saturated carbocycles. The number of rotatable bonds is 7. The van der Waals surface area contributed by atoms with Gasteiger partial charge in [0.15, 0.2) is 0 Å². The van der Waals surface area contributed by atoms with Crippen LogP contribution in [0.5, 0.6) is 0 Å². The van der Waals surface area contributed by atoms with Crippen molar-refractivity contribution in [2.24, 2.45) is 5.92 Å². The maximum absolute atomic E-state index is 3.49. The molecule has 1 fully saturated rings. The molecule has 2 rings (SSSR count). The van der Waals surface area contributed by atoms with E-state index in [-0.39, 0.29) is 0 Å². The lowest BCUT2D eigenvalue weighted by Crippen LogP contribution is -2.32. The van der Waals surface area contributed by atoms with E-state index in [0.29, 0.717) is 6.04 Å². The summed E-state index contributed by atoms with van der Waals surface area (Å²) in [5, 5.41) is 3.49. The van der Waals surface area contributed by atoms with Gasteiger partial charge in [-0.15, -0.1) is 0 Å². The normalized spacial score (nSPS) is 15.4. The van der Waals surface area contributed by atoms with Gasteiger partial charge in [0.05, 0.1) is 0 Å². The van der Waals surface area contributed by atoms with Gasteiger partial charge in [-0.05, 0) is 49.8 Å². The summed E-state index contributed by atoms with van der Waals surface area (Å²) in [7, 11) is 0. The Bertz CT molecular complexity index is 421. The predicted octanol–water partition coefficient (Wildman–Crippen LogP) is 4.12. The lowest BCUT2D eigenvalue weighted by atomic mass is 9.85. The van der Waals surface area contributed by atoms with Gasteiger partial charge in [0.2, 0.25) is 0 Å². The summed E-state index contributed by atoms with van der Waals surface area (Å²) in [4.78, 5) is 2.55. The largest absolute Gasteiger partial charge is 0.371 e. The summed E-state index contributed by atoms with van der Waals surface area (Å²) in [6, 6.07) is 7.48. The number of anilines is 1. The fourth-order valence-electron chi connectivity index (χ4n) is 2.89. The van der Waals surface area contributed by atoms with Crippen LogP contribution in [0, 0.1) is 12.8 Å². The molecule has 1 aliphatic rings. The van der Waals surface area contributed by atoms with Crippen molar-refractivity contribution in [1.82, 2.24) is 5.32 Å². The van der Waals surface area contributed by atoms with E-state index in [2.05, 4.69) is 56.1 Å². The average molecular weight is 274 g/mol. The second-order valence-electron chi connectivity index (χ2n) is 6.49. The third kappa shape index (κ3) is 3.99. The molecule has 0 radical (unpaired) electrons. The van der Waals surface area contributed by atoms with Crippen LogP contribution >= 0.6 is 0 Å². The zero-order valence-corrected chi connectivity index (χ0v) is 13.6. The van der Waals surface area contributed by atoms with Gasteiger partial charge in [-0.2, -0.15) is 0 Å². The van der Waals surface area contributed by atoms with Crippen molar-refractivity contribution in [3.8, 4) is 0 Å². The maximum Gasteiger partial charge on any atom is 0.0396 e. The Hall–Kier alpha value is -1.02. The fourth-order valence-corrected chi connectivity index (χ4v) is 2.89. The number of nitrogens with zero attached hydrogens (tertiary/aromatic N) is 1. The van der Waals surface area contributed by atoms with E-state index in [1.54, 1.807) is 0 Å². The Morgan fingerprint density at radius 1 is 1.30 bits per heavy atom. The van der Waals surface area contributed by atoms with Crippen molar-refractivity contribution < 1.29 is 0 Å². The van der Waals surface area contributed by atoms with Gasteiger partial charge < -0.3 is 10.2 Å². The molecule has 0 spiro atoms. The summed E-state index contributed by atoms with van der Waals surface area (Å²) < 4.78 is 0. The number of hydrogen-bond donors (Lipinski definition) is 1. The summed E-state index contributed by atoms with van der Waals surface area (Å²) >= 11 is 0. The van der Waals surface area contributed by atoms with Crippen LogP contribution in [-0.2, 0) is 6.54 Å². The van der Waals surface area contributed by atoms with Crippen LogP contribution in [0.4, 0.5) is 5.69 Å². The molecule has 20 heavy (non-hydrogen) atoms. The molecule has 0 amide bonds. The molecule has 0 saturated heterocycles. The quantitative estimate of drug-likeness (QED) is 0.804. The monoisotopic (exact) mass is 274 g/mol. The van der Waals surface area contributed by atoms with Gasteiger partial charge in [0, 0.05) is 31.4 Å². The Morgan fingerprint density at radius 3 is 2.55 bits per heavy atom. The van der Waals surface area contributed by atoms with Crippen LogP contribution in [-0.4, -0.2) is 19.1 Å². The van der Waals surface area contributed by atoms with E-state index in [9.17, 15) is 0 Å². The van der Waals surface area contributed by atoms with Crippen molar-refractivity contribution >= 4 is 5.69 Å². The van der Waals surface area contributed by atoms with Crippen LogP contribution in [0.2, 0.25) is 0 Å². The first-order valence-corrected chi connectivity index (χ1v) is 8.18. The van der Waals surface area contributed by atoms with Gasteiger partial charge in [0.25, 0.3) is 0 Å². The third-order valence-electron chi connectivity index (χ3n) is 4.40. The highest BCUT2D eigenvalue weighted by atomic mass is 15.1. The van der Waals surface area contributed by atoms with Crippen molar-refractivity contribution in [3.05, 3.63) is 29.3 Å². The van der Waals surface area contributed by atoms with Crippen LogP contribution < -0.4 is 10.2 Å². The molecule has 0 bridgehead atoms. The van der Waals surface area contributed by atoms with Crippen molar-refractivity contribution in [2.45, 2.75) is 59.5 Å². The third-order valence-corrected chi connectivity index (χ3v) is 4.40. The molecule has 2 nitrogen and oxygen atoms in total. The zero-order chi connectivity index (χ0) is 14.5. The van der Waals surface area contributed by atoms with Crippen molar-refractivity contribution in [3.63, 3.8) is 0 Å². The van der Waals surface area contributed by atoms with Crippen LogP contribution in [0.3, 0.4) is 0 Å². The van der Waals surface area contributed by atoms with Gasteiger partial charge >= 0.3 is 0 Å². The Balaban J connectivity index is 2.02. The number of benzene rings is 1. The van der Waals surface area contributed by atoms with E-state index in [0.717, 1.165) is 19.0 Å². The lowest BCUT2D eigenvalue weighted by Gasteiger charge is -2.34. The van der Waals surface area contributed by atoms with Gasteiger partial charge in [-0.1, -0.05) is 32.4 Å². The number of nitrogens with one attached hydrogen (secondary N) is 1. The summed E-state index contributed by atoms with van der Waals surface area (Å²) in [6.07, 6.45) is 4.28. The first-order chi connectivity index (χ1) is 9.60. The molecule has 112 valence electrons. The first-order valence-electron chi connectivity index (χ1n) is 8.18. The summed E-state index contributed by atoms with van der Waals surface area (Å²) in [6.45, 7) is 12.2. The molecular formula is C18H30N2. The van der Waals surface area contributed by atoms with Crippen molar-refractivity contribution in [1.29, 1.82) is 0 Å². The first kappa shape index (κ1) is 15.4. The zero-order valence-electron chi connectivity index (χ0n) is 13.6. The number of hydrogen-bond acceptors (Lipinski definition) is 2. The Morgan fingerprint density at radius 2 is 2.05 bits per heavy atom. The lowest BCUT2D eigenvalue weighted by molar-refractivity contribution is 0.318. The highest BCUT2D eigenvalue weighted by Gasteiger charge is 2.20. The molecule has 1 aromatic carbocycles. The van der Waals surface area contributed by atoms with Gasteiger partial charge in [0.1, 0.15) is 0 Å². The van der Waals surface area contributed by atoms with Gasteiger partial charge in [-0.3, -0.25) is 0 Å². The molecule has 0 aromatic heterocycles. The smallest absolute Gasteiger partial charge is 0.0396 e. The van der Waals surface area contributed by atoms with Gasteiger partial charge in [-0.25, -0.2) is 0 Å². The fraction of sp³-hybridized carbons (Fsp3) is 0.667. The molecule has 2 heteroatoms. The topological polar surface area (TPSA) is 15.3 Å². The Labute approximate surface area is 124 Å². The SMILES string of the molecule is CCN(CC1CCC1)c1ccc(CNC(C)C)cc1C. The highest BCUT2D eigenvalue weighted by molar-refractivity contribution is 5.54. The van der Waals surface area contributed by atoms with Crippen molar-refractivity contribution in [2.75, 3.05) is 18.0 Å². The minimum absolute atomic E-state index is 0.542. The van der Waals surface area contributed by atoms with E-state index in [1.165, 1.54) is 42.6 Å². The van der Waals surface area contributed by atoms with E-state index in [4.69, 9.17) is 0 Å². The number of aryl methyl sites for hydroxylation is 1.